The van der Waals surface area contributed by atoms with Gasteiger partial charge in [0.2, 0.25) is 0 Å². The number of hydrogen-bond donors (Lipinski definition) is 2. The lowest BCUT2D eigenvalue weighted by atomic mass is 10.2. The summed E-state index contributed by atoms with van der Waals surface area (Å²) >= 11 is 0. The predicted molar refractivity (Wildman–Crippen MR) is 47.8 cm³/mol. The largest absolute Gasteiger partial charge is 0.481 e. The van der Waals surface area contributed by atoms with Gasteiger partial charge in [-0.15, -0.1) is 0 Å². The Labute approximate surface area is 82.1 Å². The molecule has 0 fully saturated rings. The molecule has 0 aliphatic heterocycles. The van der Waals surface area contributed by atoms with Crippen LogP contribution in [-0.2, 0) is 14.3 Å². The van der Waals surface area contributed by atoms with E-state index >= 15 is 0 Å². The fourth-order valence-corrected chi connectivity index (χ4v) is 0.674. The van der Waals surface area contributed by atoms with Crippen molar-refractivity contribution in [3.63, 3.8) is 0 Å². The van der Waals surface area contributed by atoms with Crippen LogP contribution in [0.15, 0.2) is 0 Å². The van der Waals surface area contributed by atoms with E-state index in [0.717, 1.165) is 0 Å². The van der Waals surface area contributed by atoms with Crippen molar-refractivity contribution in [1.29, 1.82) is 0 Å². The summed E-state index contributed by atoms with van der Waals surface area (Å²) in [4.78, 5) is 22.8. The molecular weight excluding hydrogens is 190 g/mol. The number of carboxylic acid groups (broad SMARTS) is 1. The Bertz CT molecular complexity index is 204. The molecule has 0 bridgehead atoms. The number of carboxylic acids is 1. The zero-order chi connectivity index (χ0) is 11.1. The van der Waals surface area contributed by atoms with Gasteiger partial charge in [-0.2, -0.15) is 0 Å². The molecule has 0 heterocycles. The van der Waals surface area contributed by atoms with Crippen molar-refractivity contribution in [3.8, 4) is 0 Å². The summed E-state index contributed by atoms with van der Waals surface area (Å²) in [7, 11) is 3.61. The number of rotatable bonds is 6. The van der Waals surface area contributed by atoms with Gasteiger partial charge >= 0.3 is 11.9 Å². The predicted octanol–water partition coefficient (Wildman–Crippen LogP) is -1.07. The first-order chi connectivity index (χ1) is 6.43. The minimum atomic E-state index is -1.57. The minimum Gasteiger partial charge on any atom is -0.481 e. The maximum absolute atomic E-state index is 10.9. The van der Waals surface area contributed by atoms with E-state index in [0.29, 0.717) is 6.54 Å². The molecule has 0 rings (SSSR count). The number of aliphatic carboxylic acids is 1. The number of ether oxygens (including phenoxy) is 1. The molecule has 6 nitrogen and oxygen atoms in total. The first kappa shape index (κ1) is 12.9. The quantitative estimate of drug-likeness (QED) is 0.537. The van der Waals surface area contributed by atoms with Gasteiger partial charge in [0.25, 0.3) is 0 Å². The SMILES string of the molecule is CN(C)CCOC(=O)C(O)CC(=O)O. The summed E-state index contributed by atoms with van der Waals surface area (Å²) in [6.45, 7) is 0.675. The van der Waals surface area contributed by atoms with E-state index in [1.54, 1.807) is 4.90 Å². The van der Waals surface area contributed by atoms with Gasteiger partial charge in [0.05, 0.1) is 6.42 Å². The van der Waals surface area contributed by atoms with Crippen molar-refractivity contribution < 1.29 is 24.5 Å². The number of nitrogens with zero attached hydrogens (tertiary/aromatic N) is 1. The van der Waals surface area contributed by atoms with Crippen LogP contribution in [0.4, 0.5) is 0 Å². The van der Waals surface area contributed by atoms with Crippen molar-refractivity contribution >= 4 is 11.9 Å². The van der Waals surface area contributed by atoms with Crippen LogP contribution < -0.4 is 0 Å². The number of carbonyl (C=O) groups excluding carboxylic acids is 1. The lowest BCUT2D eigenvalue weighted by Crippen LogP contribution is -2.28. The molecule has 0 aromatic heterocycles. The Morgan fingerprint density at radius 1 is 1.43 bits per heavy atom. The summed E-state index contributed by atoms with van der Waals surface area (Å²) in [5.74, 6) is -2.13. The lowest BCUT2D eigenvalue weighted by Gasteiger charge is -2.11. The molecule has 2 N–H and O–H groups in total. The summed E-state index contributed by atoms with van der Waals surface area (Å²) in [6.07, 6.45) is -2.20. The molecule has 0 radical (unpaired) electrons. The smallest absolute Gasteiger partial charge is 0.335 e. The highest BCUT2D eigenvalue weighted by molar-refractivity contribution is 5.80. The second-order valence-corrected chi connectivity index (χ2v) is 3.08. The highest BCUT2D eigenvalue weighted by Gasteiger charge is 2.19. The Morgan fingerprint density at radius 2 is 2.00 bits per heavy atom. The van der Waals surface area contributed by atoms with Crippen molar-refractivity contribution in [2.45, 2.75) is 12.5 Å². The van der Waals surface area contributed by atoms with E-state index in [-0.39, 0.29) is 6.61 Å². The molecule has 0 aliphatic rings. The van der Waals surface area contributed by atoms with Gasteiger partial charge in [-0.05, 0) is 14.1 Å². The van der Waals surface area contributed by atoms with E-state index in [1.165, 1.54) is 0 Å². The summed E-state index contributed by atoms with van der Waals surface area (Å²) in [6, 6.07) is 0. The number of carbonyl (C=O) groups is 2. The van der Waals surface area contributed by atoms with Crippen molar-refractivity contribution in [1.82, 2.24) is 4.90 Å². The van der Waals surface area contributed by atoms with Gasteiger partial charge in [0.15, 0.2) is 6.10 Å². The first-order valence-corrected chi connectivity index (χ1v) is 4.14. The topological polar surface area (TPSA) is 87.1 Å². The van der Waals surface area contributed by atoms with Crippen LogP contribution in [0.3, 0.4) is 0 Å². The Balaban J connectivity index is 3.67. The van der Waals surface area contributed by atoms with Crippen molar-refractivity contribution in [2.24, 2.45) is 0 Å². The second kappa shape index (κ2) is 6.33. The molecule has 0 saturated heterocycles. The van der Waals surface area contributed by atoms with Crippen molar-refractivity contribution in [3.05, 3.63) is 0 Å². The molecular formula is C8H15NO5. The molecule has 0 aliphatic carbocycles. The summed E-state index contributed by atoms with van der Waals surface area (Å²) in [5, 5.41) is 17.3. The second-order valence-electron chi connectivity index (χ2n) is 3.08. The fraction of sp³-hybridized carbons (Fsp3) is 0.750. The number of hydrogen-bond acceptors (Lipinski definition) is 5. The van der Waals surface area contributed by atoms with E-state index in [4.69, 9.17) is 10.2 Å². The van der Waals surface area contributed by atoms with E-state index in [9.17, 15) is 9.59 Å². The van der Waals surface area contributed by atoms with Gasteiger partial charge in [0, 0.05) is 6.54 Å². The first-order valence-electron chi connectivity index (χ1n) is 4.14. The summed E-state index contributed by atoms with van der Waals surface area (Å²) < 4.78 is 4.62. The number of aliphatic hydroxyl groups excluding tert-OH is 1. The lowest BCUT2D eigenvalue weighted by molar-refractivity contribution is -0.158. The van der Waals surface area contributed by atoms with Crippen molar-refractivity contribution in [2.75, 3.05) is 27.2 Å². The Morgan fingerprint density at radius 3 is 2.43 bits per heavy atom. The van der Waals surface area contributed by atoms with E-state index < -0.39 is 24.5 Å². The van der Waals surface area contributed by atoms with E-state index in [2.05, 4.69) is 4.74 Å². The summed E-state index contributed by atoms with van der Waals surface area (Å²) in [5.41, 5.74) is 0. The molecule has 1 unspecified atom stereocenters. The third-order valence-electron chi connectivity index (χ3n) is 1.42. The van der Waals surface area contributed by atoms with Gasteiger partial charge in [0.1, 0.15) is 6.61 Å². The number of aliphatic hydroxyl groups is 1. The van der Waals surface area contributed by atoms with Gasteiger partial charge in [-0.25, -0.2) is 4.79 Å². The highest BCUT2D eigenvalue weighted by atomic mass is 16.5. The fourth-order valence-electron chi connectivity index (χ4n) is 0.674. The standard InChI is InChI=1S/C8H15NO5/c1-9(2)3-4-14-8(13)6(10)5-7(11)12/h6,10H,3-5H2,1-2H3,(H,11,12). The minimum absolute atomic E-state index is 0.141. The monoisotopic (exact) mass is 205 g/mol. The number of likely N-dealkylation sites (N-methyl/N-ethyl adjacent to an activating group) is 1. The van der Waals surface area contributed by atoms with Crippen LogP contribution in [0, 0.1) is 0 Å². The number of esters is 1. The highest BCUT2D eigenvalue weighted by Crippen LogP contribution is 1.95. The molecule has 0 saturated carbocycles. The van der Waals surface area contributed by atoms with Crippen LogP contribution in [0.25, 0.3) is 0 Å². The van der Waals surface area contributed by atoms with Crippen LogP contribution in [-0.4, -0.2) is 60.4 Å². The zero-order valence-electron chi connectivity index (χ0n) is 8.27. The molecule has 6 heteroatoms. The van der Waals surface area contributed by atoms with Crippen LogP contribution in [0.2, 0.25) is 0 Å². The average Bonchev–Trinajstić information content (AvgIpc) is 2.01. The third kappa shape index (κ3) is 6.38. The molecule has 0 aromatic rings. The Hall–Kier alpha value is -1.14. The molecule has 1 atom stereocenters. The maximum atomic E-state index is 10.9. The molecule has 14 heavy (non-hydrogen) atoms. The van der Waals surface area contributed by atoms with Gasteiger partial charge in [-0.1, -0.05) is 0 Å². The molecule has 0 amide bonds. The van der Waals surface area contributed by atoms with Crippen LogP contribution >= 0.6 is 0 Å². The zero-order valence-corrected chi connectivity index (χ0v) is 8.27. The van der Waals surface area contributed by atoms with Crippen LogP contribution in [0.5, 0.6) is 0 Å². The molecule has 0 spiro atoms. The maximum Gasteiger partial charge on any atom is 0.335 e. The van der Waals surface area contributed by atoms with Gasteiger partial charge in [-0.3, -0.25) is 4.79 Å². The molecule has 0 aromatic carbocycles. The Kier molecular flexibility index (Phi) is 5.82. The normalized spacial score (nSPS) is 12.6. The van der Waals surface area contributed by atoms with E-state index in [1.807, 2.05) is 14.1 Å². The van der Waals surface area contributed by atoms with Crippen LogP contribution in [0.1, 0.15) is 6.42 Å². The molecule has 82 valence electrons. The van der Waals surface area contributed by atoms with Gasteiger partial charge < -0.3 is 19.8 Å². The third-order valence-corrected chi connectivity index (χ3v) is 1.42. The average molecular weight is 205 g/mol.